The molecule has 1 N–H and O–H groups in total. The van der Waals surface area contributed by atoms with E-state index in [2.05, 4.69) is 28.7 Å². The van der Waals surface area contributed by atoms with Crippen LogP contribution in [0.1, 0.15) is 47.2 Å². The SMILES string of the molecule is Cc1cc(C(C)C)nc(N2CCN(C(=O)c3c(C)[nH]c4ccccc34)CC2)n1. The number of aromatic nitrogens is 3. The number of benzene rings is 1. The average molecular weight is 377 g/mol. The van der Waals surface area contributed by atoms with E-state index in [0.29, 0.717) is 19.0 Å². The molecule has 28 heavy (non-hydrogen) atoms. The number of amides is 1. The Bertz CT molecular complexity index is 1010. The van der Waals surface area contributed by atoms with Crippen molar-refractivity contribution in [3.05, 3.63) is 53.0 Å². The van der Waals surface area contributed by atoms with E-state index in [-0.39, 0.29) is 5.91 Å². The van der Waals surface area contributed by atoms with Crippen molar-refractivity contribution in [2.75, 3.05) is 31.1 Å². The molecule has 0 unspecified atom stereocenters. The van der Waals surface area contributed by atoms with Gasteiger partial charge in [0.15, 0.2) is 0 Å². The van der Waals surface area contributed by atoms with Gasteiger partial charge in [0.2, 0.25) is 5.95 Å². The number of aromatic amines is 1. The molecule has 3 aromatic rings. The number of carbonyl (C=O) groups excluding carboxylic acids is 1. The highest BCUT2D eigenvalue weighted by Crippen LogP contribution is 2.24. The largest absolute Gasteiger partial charge is 0.358 e. The lowest BCUT2D eigenvalue weighted by atomic mass is 10.1. The van der Waals surface area contributed by atoms with Gasteiger partial charge in [-0.25, -0.2) is 9.97 Å². The van der Waals surface area contributed by atoms with Gasteiger partial charge in [-0.15, -0.1) is 0 Å². The van der Waals surface area contributed by atoms with Gasteiger partial charge in [0.05, 0.1) is 5.56 Å². The Morgan fingerprint density at radius 3 is 2.50 bits per heavy atom. The summed E-state index contributed by atoms with van der Waals surface area (Å²) in [5, 5.41) is 0.996. The second kappa shape index (κ2) is 7.26. The highest BCUT2D eigenvalue weighted by Gasteiger charge is 2.26. The number of anilines is 1. The molecule has 6 nitrogen and oxygen atoms in total. The number of hydrogen-bond donors (Lipinski definition) is 1. The zero-order valence-electron chi connectivity index (χ0n) is 17.0. The number of H-pyrrole nitrogens is 1. The molecule has 0 atom stereocenters. The van der Waals surface area contributed by atoms with Gasteiger partial charge >= 0.3 is 0 Å². The van der Waals surface area contributed by atoms with Gasteiger partial charge in [0.1, 0.15) is 0 Å². The van der Waals surface area contributed by atoms with Crippen LogP contribution >= 0.6 is 0 Å². The summed E-state index contributed by atoms with van der Waals surface area (Å²) in [6.07, 6.45) is 0. The lowest BCUT2D eigenvalue weighted by Gasteiger charge is -2.35. The van der Waals surface area contributed by atoms with Crippen LogP contribution in [0.15, 0.2) is 30.3 Å². The predicted octanol–water partition coefficient (Wildman–Crippen LogP) is 3.66. The molecule has 1 aliphatic rings. The Hall–Kier alpha value is -2.89. The number of piperazine rings is 1. The molecule has 146 valence electrons. The topological polar surface area (TPSA) is 65.1 Å². The van der Waals surface area contributed by atoms with Crippen LogP contribution in [0.3, 0.4) is 0 Å². The van der Waals surface area contributed by atoms with Gasteiger partial charge in [-0.05, 0) is 31.9 Å². The van der Waals surface area contributed by atoms with E-state index in [1.807, 2.05) is 49.1 Å². The van der Waals surface area contributed by atoms with E-state index < -0.39 is 0 Å². The van der Waals surface area contributed by atoms with Crippen LogP contribution in [-0.4, -0.2) is 51.9 Å². The smallest absolute Gasteiger partial charge is 0.256 e. The van der Waals surface area contributed by atoms with Crippen molar-refractivity contribution in [3.63, 3.8) is 0 Å². The molecule has 0 bridgehead atoms. The van der Waals surface area contributed by atoms with Crippen molar-refractivity contribution in [1.29, 1.82) is 0 Å². The summed E-state index contributed by atoms with van der Waals surface area (Å²) < 4.78 is 0. The molecule has 1 fully saturated rings. The number of hydrogen-bond acceptors (Lipinski definition) is 4. The number of nitrogens with one attached hydrogen (secondary N) is 1. The third kappa shape index (κ3) is 3.35. The van der Waals surface area contributed by atoms with Gasteiger partial charge in [0, 0.05) is 54.2 Å². The van der Waals surface area contributed by atoms with E-state index in [1.54, 1.807) is 0 Å². The lowest BCUT2D eigenvalue weighted by Crippen LogP contribution is -2.49. The van der Waals surface area contributed by atoms with Crippen molar-refractivity contribution in [2.45, 2.75) is 33.6 Å². The Labute approximate surface area is 165 Å². The van der Waals surface area contributed by atoms with E-state index >= 15 is 0 Å². The van der Waals surface area contributed by atoms with Crippen LogP contribution < -0.4 is 4.90 Å². The fraction of sp³-hybridized carbons (Fsp3) is 0.409. The minimum Gasteiger partial charge on any atom is -0.358 e. The van der Waals surface area contributed by atoms with Gasteiger partial charge < -0.3 is 14.8 Å². The standard InChI is InChI=1S/C22H27N5O/c1-14(2)19-13-15(3)23-22(25-19)27-11-9-26(10-12-27)21(28)20-16(4)24-18-8-6-5-7-17(18)20/h5-8,13-14,24H,9-12H2,1-4H3. The third-order valence-electron chi connectivity index (χ3n) is 5.41. The molecular weight excluding hydrogens is 350 g/mol. The number of carbonyl (C=O) groups is 1. The Morgan fingerprint density at radius 2 is 1.79 bits per heavy atom. The van der Waals surface area contributed by atoms with E-state index in [1.165, 1.54) is 0 Å². The molecular formula is C22H27N5O. The monoisotopic (exact) mass is 377 g/mol. The van der Waals surface area contributed by atoms with Crippen LogP contribution in [-0.2, 0) is 0 Å². The molecule has 0 saturated carbocycles. The van der Waals surface area contributed by atoms with Crippen molar-refractivity contribution < 1.29 is 4.79 Å². The van der Waals surface area contributed by atoms with Crippen LogP contribution in [0.4, 0.5) is 5.95 Å². The van der Waals surface area contributed by atoms with Crippen LogP contribution in [0.2, 0.25) is 0 Å². The lowest BCUT2D eigenvalue weighted by molar-refractivity contribution is 0.0747. The normalized spacial score (nSPS) is 14.9. The van der Waals surface area contributed by atoms with E-state index in [4.69, 9.17) is 4.98 Å². The molecule has 1 saturated heterocycles. The summed E-state index contributed by atoms with van der Waals surface area (Å²) in [7, 11) is 0. The molecule has 1 amide bonds. The molecule has 1 aliphatic heterocycles. The van der Waals surface area contributed by atoms with Crippen molar-refractivity contribution >= 4 is 22.8 Å². The molecule has 1 aromatic carbocycles. The summed E-state index contributed by atoms with van der Waals surface area (Å²) in [4.78, 5) is 30.0. The summed E-state index contributed by atoms with van der Waals surface area (Å²) in [6.45, 7) is 11.1. The fourth-order valence-corrected chi connectivity index (χ4v) is 3.83. The molecule has 0 radical (unpaired) electrons. The molecule has 4 rings (SSSR count). The molecule has 0 aliphatic carbocycles. The first-order valence-electron chi connectivity index (χ1n) is 9.91. The zero-order valence-corrected chi connectivity index (χ0v) is 17.0. The minimum atomic E-state index is 0.0997. The Morgan fingerprint density at radius 1 is 1.07 bits per heavy atom. The summed E-state index contributed by atoms with van der Waals surface area (Å²) in [5.74, 6) is 1.25. The van der Waals surface area contributed by atoms with Crippen molar-refractivity contribution in [3.8, 4) is 0 Å². The summed E-state index contributed by atoms with van der Waals surface area (Å²) in [6, 6.07) is 10.0. The summed E-state index contributed by atoms with van der Waals surface area (Å²) in [5.41, 5.74) is 4.78. The molecule has 6 heteroatoms. The maximum atomic E-state index is 13.2. The number of fused-ring (bicyclic) bond motifs is 1. The zero-order chi connectivity index (χ0) is 19.8. The maximum Gasteiger partial charge on any atom is 0.256 e. The maximum absolute atomic E-state index is 13.2. The first-order valence-corrected chi connectivity index (χ1v) is 9.91. The quantitative estimate of drug-likeness (QED) is 0.756. The average Bonchev–Trinajstić information content (AvgIpc) is 3.02. The van der Waals surface area contributed by atoms with Crippen LogP contribution in [0.25, 0.3) is 10.9 Å². The second-order valence-corrected chi connectivity index (χ2v) is 7.84. The van der Waals surface area contributed by atoms with Gasteiger partial charge in [-0.1, -0.05) is 32.0 Å². The van der Waals surface area contributed by atoms with Gasteiger partial charge in [-0.3, -0.25) is 4.79 Å². The Kier molecular flexibility index (Phi) is 4.79. The van der Waals surface area contributed by atoms with E-state index in [0.717, 1.165) is 52.6 Å². The van der Waals surface area contributed by atoms with Gasteiger partial charge in [-0.2, -0.15) is 0 Å². The highest BCUT2D eigenvalue weighted by molar-refractivity contribution is 6.08. The third-order valence-corrected chi connectivity index (χ3v) is 5.41. The number of rotatable bonds is 3. The highest BCUT2D eigenvalue weighted by atomic mass is 16.2. The first-order chi connectivity index (χ1) is 13.4. The summed E-state index contributed by atoms with van der Waals surface area (Å²) >= 11 is 0. The number of para-hydroxylation sites is 1. The molecule has 0 spiro atoms. The first kappa shape index (κ1) is 18.5. The fourth-order valence-electron chi connectivity index (χ4n) is 3.83. The van der Waals surface area contributed by atoms with Crippen molar-refractivity contribution in [2.24, 2.45) is 0 Å². The number of nitrogens with zero attached hydrogens (tertiary/aromatic N) is 4. The minimum absolute atomic E-state index is 0.0997. The Balaban J connectivity index is 1.51. The second-order valence-electron chi connectivity index (χ2n) is 7.84. The van der Waals surface area contributed by atoms with Crippen LogP contribution in [0.5, 0.6) is 0 Å². The molecule has 3 heterocycles. The van der Waals surface area contributed by atoms with Crippen molar-refractivity contribution in [1.82, 2.24) is 19.9 Å². The van der Waals surface area contributed by atoms with Crippen LogP contribution in [0, 0.1) is 13.8 Å². The number of aryl methyl sites for hydroxylation is 2. The van der Waals surface area contributed by atoms with Gasteiger partial charge in [0.25, 0.3) is 5.91 Å². The molecule has 2 aromatic heterocycles. The van der Waals surface area contributed by atoms with E-state index in [9.17, 15) is 4.79 Å². The predicted molar refractivity (Wildman–Crippen MR) is 112 cm³/mol.